The maximum atomic E-state index is 13.6. The van der Waals surface area contributed by atoms with Crippen LogP contribution in [0.5, 0.6) is 0 Å². The van der Waals surface area contributed by atoms with Crippen LogP contribution in [0.3, 0.4) is 0 Å². The van der Waals surface area contributed by atoms with Gasteiger partial charge >= 0.3 is 0 Å². The smallest absolute Gasteiger partial charge is 0.141 e. The van der Waals surface area contributed by atoms with Crippen molar-refractivity contribution < 1.29 is 14.3 Å². The van der Waals surface area contributed by atoms with E-state index in [2.05, 4.69) is 54.0 Å². The molecule has 1 aromatic heterocycles. The molecule has 0 bridgehead atoms. The Kier molecular flexibility index (Phi) is 4.68. The largest absolute Gasteiger partial charge is 0.396 e. The number of fused-ring (bicyclic) bond motifs is 2. The first kappa shape index (κ1) is 18.4. The Morgan fingerprint density at radius 2 is 2.15 bits per heavy atom. The van der Waals surface area contributed by atoms with Crippen molar-refractivity contribution in [2.24, 2.45) is 18.9 Å². The molecule has 1 aliphatic heterocycles. The van der Waals surface area contributed by atoms with Crippen LogP contribution in [0.15, 0.2) is 30.5 Å². The predicted octanol–water partition coefficient (Wildman–Crippen LogP) is 2.97. The molecule has 4 nitrogen and oxygen atoms in total. The molecule has 0 radical (unpaired) electrons. The van der Waals surface area contributed by atoms with Crippen LogP contribution in [0.25, 0.3) is 16.5 Å². The van der Waals surface area contributed by atoms with Crippen LogP contribution in [-0.4, -0.2) is 52.8 Å². The summed E-state index contributed by atoms with van der Waals surface area (Å²) in [5, 5.41) is 10.7. The number of ketones is 1. The minimum absolute atomic E-state index is 0.0161. The van der Waals surface area contributed by atoms with E-state index in [4.69, 9.17) is 0 Å². The lowest BCUT2D eigenvalue weighted by Crippen LogP contribution is -2.44. The van der Waals surface area contributed by atoms with E-state index < -0.39 is 12.1 Å². The van der Waals surface area contributed by atoms with E-state index in [1.54, 1.807) is 0 Å². The summed E-state index contributed by atoms with van der Waals surface area (Å²) in [7, 11) is 4.13. The van der Waals surface area contributed by atoms with Gasteiger partial charge in [0, 0.05) is 61.6 Å². The lowest BCUT2D eigenvalue weighted by atomic mass is 9.78. The molecule has 4 unspecified atom stereocenters. The van der Waals surface area contributed by atoms with Gasteiger partial charge in [-0.05, 0) is 43.2 Å². The number of aromatic nitrogens is 1. The zero-order chi connectivity index (χ0) is 19.3. The van der Waals surface area contributed by atoms with Crippen LogP contribution in [-0.2, 0) is 18.3 Å². The zero-order valence-electron chi connectivity index (χ0n) is 16.2. The summed E-state index contributed by atoms with van der Waals surface area (Å²) in [6.45, 7) is 1.76. The number of Topliss-reactive ketones (excluding diaryl/α,β-unsaturated/α-hetero) is 1. The first-order valence-corrected chi connectivity index (χ1v) is 9.67. The zero-order valence-corrected chi connectivity index (χ0v) is 16.2. The monoisotopic (exact) mass is 370 g/mol. The maximum Gasteiger partial charge on any atom is 0.141 e. The summed E-state index contributed by atoms with van der Waals surface area (Å²) in [5.41, 5.74) is 4.99. The van der Waals surface area contributed by atoms with Crippen molar-refractivity contribution in [3.8, 4) is 0 Å². The number of rotatable bonds is 5. The second kappa shape index (κ2) is 6.88. The quantitative estimate of drug-likeness (QED) is 0.880. The Labute approximate surface area is 159 Å². The summed E-state index contributed by atoms with van der Waals surface area (Å²) in [6, 6.07) is 6.61. The van der Waals surface area contributed by atoms with Crippen LogP contribution < -0.4 is 0 Å². The Morgan fingerprint density at radius 3 is 2.85 bits per heavy atom. The van der Waals surface area contributed by atoms with Crippen LogP contribution in [0.4, 0.5) is 4.39 Å². The van der Waals surface area contributed by atoms with E-state index in [1.165, 1.54) is 34.5 Å². The van der Waals surface area contributed by atoms with Gasteiger partial charge in [0.1, 0.15) is 12.0 Å². The molecule has 1 aliphatic carbocycles. The van der Waals surface area contributed by atoms with Gasteiger partial charge in [-0.25, -0.2) is 4.39 Å². The average Bonchev–Trinajstić information content (AvgIpc) is 2.97. The van der Waals surface area contributed by atoms with E-state index in [0.717, 1.165) is 6.42 Å². The van der Waals surface area contributed by atoms with Crippen LogP contribution in [0.1, 0.15) is 24.5 Å². The third-order valence-corrected chi connectivity index (χ3v) is 6.33. The Morgan fingerprint density at radius 1 is 1.37 bits per heavy atom. The van der Waals surface area contributed by atoms with Gasteiger partial charge in [0.2, 0.25) is 0 Å². The topological polar surface area (TPSA) is 45.5 Å². The van der Waals surface area contributed by atoms with Gasteiger partial charge in [0.05, 0.1) is 0 Å². The number of benzene rings is 1. The summed E-state index contributed by atoms with van der Waals surface area (Å²) in [5.74, 6) is -0.855. The second-order valence-corrected chi connectivity index (χ2v) is 8.14. The molecule has 0 saturated carbocycles. The fourth-order valence-electron chi connectivity index (χ4n) is 4.71. The fraction of sp³-hybridized carbons (Fsp3) is 0.500. The van der Waals surface area contributed by atoms with Crippen LogP contribution >= 0.6 is 0 Å². The maximum absolute atomic E-state index is 13.6. The molecular formula is C22H27FN2O2. The molecule has 5 heteroatoms. The molecule has 1 N–H and O–H groups in total. The highest BCUT2D eigenvalue weighted by Gasteiger charge is 2.36. The SMILES string of the molecule is CC(F)C(CO)CC(=O)C1C=C2c3cccc4c3c(cn4C)CC2N(C)C1. The minimum atomic E-state index is -1.18. The second-order valence-electron chi connectivity index (χ2n) is 8.14. The lowest BCUT2D eigenvalue weighted by Gasteiger charge is -2.39. The average molecular weight is 370 g/mol. The van der Waals surface area contributed by atoms with Crippen molar-refractivity contribution in [2.45, 2.75) is 32.0 Å². The molecule has 4 atom stereocenters. The summed E-state index contributed by atoms with van der Waals surface area (Å²) in [6.07, 6.45) is 4.16. The van der Waals surface area contributed by atoms with Gasteiger partial charge in [0.15, 0.2) is 0 Å². The molecule has 0 fully saturated rings. The van der Waals surface area contributed by atoms with Crippen molar-refractivity contribution >= 4 is 22.3 Å². The third-order valence-electron chi connectivity index (χ3n) is 6.33. The highest BCUT2D eigenvalue weighted by molar-refractivity contribution is 5.99. The number of carbonyl (C=O) groups excluding carboxylic acids is 1. The number of likely N-dealkylation sites (N-methyl/N-ethyl adjacent to an activating group) is 1. The van der Waals surface area contributed by atoms with Gasteiger partial charge in [0.25, 0.3) is 0 Å². The first-order valence-electron chi connectivity index (χ1n) is 9.67. The summed E-state index contributed by atoms with van der Waals surface area (Å²) < 4.78 is 15.8. The molecule has 27 heavy (non-hydrogen) atoms. The van der Waals surface area contributed by atoms with Crippen molar-refractivity contribution in [1.82, 2.24) is 9.47 Å². The van der Waals surface area contributed by atoms with Crippen molar-refractivity contribution in [3.63, 3.8) is 0 Å². The first-order chi connectivity index (χ1) is 12.9. The molecule has 2 aromatic rings. The molecule has 4 rings (SSSR count). The van der Waals surface area contributed by atoms with E-state index in [1.807, 2.05) is 0 Å². The van der Waals surface area contributed by atoms with Gasteiger partial charge in [-0.15, -0.1) is 0 Å². The van der Waals surface area contributed by atoms with Crippen molar-refractivity contribution in [1.29, 1.82) is 0 Å². The van der Waals surface area contributed by atoms with Gasteiger partial charge in [-0.2, -0.15) is 0 Å². The van der Waals surface area contributed by atoms with E-state index in [0.29, 0.717) is 6.54 Å². The number of hydrogen-bond donors (Lipinski definition) is 1. The fourth-order valence-corrected chi connectivity index (χ4v) is 4.71. The number of aryl methyl sites for hydroxylation is 1. The molecular weight excluding hydrogens is 343 g/mol. The number of alkyl halides is 1. The minimum Gasteiger partial charge on any atom is -0.396 e. The van der Waals surface area contributed by atoms with Crippen LogP contribution in [0, 0.1) is 11.8 Å². The lowest BCUT2D eigenvalue weighted by molar-refractivity contribution is -0.124. The number of carbonyl (C=O) groups is 1. The van der Waals surface area contributed by atoms with E-state index in [-0.39, 0.29) is 30.8 Å². The normalized spacial score (nSPS) is 24.4. The van der Waals surface area contributed by atoms with E-state index in [9.17, 15) is 14.3 Å². The predicted molar refractivity (Wildman–Crippen MR) is 105 cm³/mol. The molecule has 0 amide bonds. The third kappa shape index (κ3) is 3.03. The molecule has 0 saturated heterocycles. The van der Waals surface area contributed by atoms with E-state index >= 15 is 0 Å². The number of halogens is 1. The highest BCUT2D eigenvalue weighted by Crippen LogP contribution is 2.41. The molecule has 2 aliphatic rings. The summed E-state index contributed by atoms with van der Waals surface area (Å²) >= 11 is 0. The number of aliphatic hydroxyl groups is 1. The van der Waals surface area contributed by atoms with Crippen molar-refractivity contribution in [2.75, 3.05) is 20.2 Å². The Hall–Kier alpha value is -1.98. The van der Waals surface area contributed by atoms with Gasteiger partial charge < -0.3 is 9.67 Å². The Balaban J connectivity index is 1.72. The number of nitrogens with zero attached hydrogens (tertiary/aromatic N) is 2. The van der Waals surface area contributed by atoms with Crippen LogP contribution in [0.2, 0.25) is 0 Å². The highest BCUT2D eigenvalue weighted by atomic mass is 19.1. The summed E-state index contributed by atoms with van der Waals surface area (Å²) in [4.78, 5) is 15.1. The molecule has 0 spiro atoms. The van der Waals surface area contributed by atoms with Gasteiger partial charge in [-0.3, -0.25) is 9.69 Å². The number of aliphatic hydroxyl groups excluding tert-OH is 1. The molecule has 2 heterocycles. The molecule has 144 valence electrons. The standard InChI is InChI=1S/C22H27FN2O2/c1-13(23)16(12-26)9-21(27)14-7-18-17-5-4-6-19-22(17)15(11-24(19)2)8-20(18)25(3)10-14/h4-7,11,13-14,16,20,26H,8-10,12H2,1-3H3. The Bertz CT molecular complexity index is 914. The molecule has 1 aromatic carbocycles. The number of hydrogen-bond acceptors (Lipinski definition) is 3. The van der Waals surface area contributed by atoms with Gasteiger partial charge in [-0.1, -0.05) is 18.2 Å². The van der Waals surface area contributed by atoms with Crippen molar-refractivity contribution in [3.05, 3.63) is 41.6 Å².